The third kappa shape index (κ3) is 68.3. The number of hydrogen-bond donors (Lipinski definition) is 1. The Morgan fingerprint density at radius 1 is 0.398 bits per heavy atom. The lowest BCUT2D eigenvalue weighted by Crippen LogP contribution is -2.47. The lowest BCUT2D eigenvalue weighted by atomic mass is 10.0. The van der Waals surface area contributed by atoms with Crippen LogP contribution in [0.1, 0.15) is 387 Å². The number of quaternary nitrogens is 1. The van der Waals surface area contributed by atoms with Gasteiger partial charge in [0, 0.05) is 12.8 Å². The van der Waals surface area contributed by atoms with Gasteiger partial charge in [0.2, 0.25) is 5.91 Å². The Hall–Kier alpha value is -2.03. The molecule has 88 heavy (non-hydrogen) atoms. The van der Waals surface area contributed by atoms with Gasteiger partial charge in [0.1, 0.15) is 19.3 Å². The molecule has 10 heteroatoms. The van der Waals surface area contributed by atoms with Crippen molar-refractivity contribution < 1.29 is 37.3 Å². The molecule has 0 aromatic carbocycles. The highest BCUT2D eigenvalue weighted by molar-refractivity contribution is 7.45. The minimum Gasteiger partial charge on any atom is -0.756 e. The predicted octanol–water partition coefficient (Wildman–Crippen LogP) is 24.1. The van der Waals surface area contributed by atoms with Crippen LogP contribution in [0.4, 0.5) is 0 Å². The number of phosphoric ester groups is 1. The monoisotopic (exact) mass is 1260 g/mol. The van der Waals surface area contributed by atoms with Crippen LogP contribution in [0.5, 0.6) is 0 Å². The zero-order valence-corrected chi connectivity index (χ0v) is 60.3. The topological polar surface area (TPSA) is 114 Å². The van der Waals surface area contributed by atoms with E-state index in [1.807, 2.05) is 33.3 Å². The van der Waals surface area contributed by atoms with Crippen molar-refractivity contribution in [2.75, 3.05) is 40.9 Å². The number of ether oxygens (including phenoxy) is 1. The molecule has 0 aliphatic rings. The first-order valence-corrected chi connectivity index (χ1v) is 39.9. The van der Waals surface area contributed by atoms with E-state index in [-0.39, 0.29) is 31.5 Å². The summed E-state index contributed by atoms with van der Waals surface area (Å²) in [6.45, 7) is 6.88. The molecule has 1 N–H and O–H groups in total. The molecule has 0 aliphatic heterocycles. The molecule has 0 aliphatic carbocycles. The van der Waals surface area contributed by atoms with E-state index in [9.17, 15) is 19.0 Å². The standard InChI is InChI=1S/C78H149N2O7P/c1-7-10-13-16-19-22-25-28-30-32-34-36-38-40-42-44-46-48-50-52-55-58-61-64-67-70-77(81)79-75(74-86-88(83,84)85-73-72-80(4,5)6)76(69-66-63-60-57-54-27-24-21-18-15-12-9-3)87-78(82)71-68-65-62-59-56-53-51-49-47-45-43-41-39-37-35-33-31-29-26-23-20-17-14-11-8-2/h20,23,28-31,66,69,75-76H,7-19,21-22,24-27,32-65,67-68,70-74H2,1-6H3,(H-,79,81,83,84)/b23-20-,30-28+,31-29-,69-66+. The Labute approximate surface area is 548 Å². The summed E-state index contributed by atoms with van der Waals surface area (Å²) < 4.78 is 30.5. The summed E-state index contributed by atoms with van der Waals surface area (Å²) in [7, 11) is 1.20. The SMILES string of the molecule is CCCCC/C=C\C/C=C\CCCCCCCCCCCCCCCCCC(=O)OC(/C=C/CCCCCCCCCCCC)C(COP(=O)([O-])OCC[N+](C)(C)C)NC(=O)CCCCCCCCCCCCCCCCC/C=C/CCCCCCCC. The van der Waals surface area contributed by atoms with Crippen molar-refractivity contribution in [2.24, 2.45) is 0 Å². The highest BCUT2D eigenvalue weighted by atomic mass is 31.2. The fraction of sp³-hybridized carbons (Fsp3) is 0.872. The van der Waals surface area contributed by atoms with Crippen molar-refractivity contribution in [1.29, 1.82) is 0 Å². The van der Waals surface area contributed by atoms with Gasteiger partial charge in [0.25, 0.3) is 7.82 Å². The van der Waals surface area contributed by atoms with Gasteiger partial charge in [-0.15, -0.1) is 0 Å². The van der Waals surface area contributed by atoms with E-state index >= 15 is 0 Å². The van der Waals surface area contributed by atoms with E-state index in [0.717, 1.165) is 64.2 Å². The number of unbranched alkanes of at least 4 members (excludes halogenated alkanes) is 49. The fourth-order valence-corrected chi connectivity index (χ4v) is 12.3. The molecule has 0 fully saturated rings. The van der Waals surface area contributed by atoms with Gasteiger partial charge in [-0.2, -0.15) is 0 Å². The predicted molar refractivity (Wildman–Crippen MR) is 381 cm³/mol. The Kier molecular flexibility index (Phi) is 66.3. The number of allylic oxidation sites excluding steroid dienone is 7. The molecule has 9 nitrogen and oxygen atoms in total. The Balaban J connectivity index is 4.94. The first-order chi connectivity index (χ1) is 42.9. The lowest BCUT2D eigenvalue weighted by Gasteiger charge is -2.30. The van der Waals surface area contributed by atoms with Gasteiger partial charge in [0.05, 0.1) is 33.8 Å². The number of nitrogens with one attached hydrogen (secondary N) is 1. The maximum Gasteiger partial charge on any atom is 0.306 e. The molecule has 0 bridgehead atoms. The van der Waals surface area contributed by atoms with Crippen molar-refractivity contribution in [3.63, 3.8) is 0 Å². The second kappa shape index (κ2) is 67.8. The van der Waals surface area contributed by atoms with E-state index in [4.69, 9.17) is 13.8 Å². The minimum atomic E-state index is -4.70. The van der Waals surface area contributed by atoms with Crippen molar-refractivity contribution in [1.82, 2.24) is 5.32 Å². The quantitative estimate of drug-likeness (QED) is 0.0212. The summed E-state index contributed by atoms with van der Waals surface area (Å²) in [4.78, 5) is 40.3. The highest BCUT2D eigenvalue weighted by Gasteiger charge is 2.27. The summed E-state index contributed by atoms with van der Waals surface area (Å²) in [6, 6.07) is -0.887. The molecule has 0 aromatic heterocycles. The average molecular weight is 1260 g/mol. The summed E-state index contributed by atoms with van der Waals surface area (Å²) in [5.74, 6) is -0.521. The first-order valence-electron chi connectivity index (χ1n) is 38.4. The van der Waals surface area contributed by atoms with Crippen LogP contribution in [0, 0.1) is 0 Å². The molecule has 0 aromatic rings. The smallest absolute Gasteiger partial charge is 0.306 e. The Morgan fingerprint density at radius 2 is 0.693 bits per heavy atom. The van der Waals surface area contributed by atoms with Gasteiger partial charge < -0.3 is 28.5 Å². The molecule has 0 radical (unpaired) electrons. The van der Waals surface area contributed by atoms with Crippen LogP contribution in [-0.2, 0) is 27.9 Å². The largest absolute Gasteiger partial charge is 0.756 e. The molecule has 518 valence electrons. The molecule has 3 unspecified atom stereocenters. The van der Waals surface area contributed by atoms with Crippen LogP contribution in [0.25, 0.3) is 0 Å². The zero-order chi connectivity index (χ0) is 64.2. The first kappa shape index (κ1) is 86.0. The van der Waals surface area contributed by atoms with Crippen molar-refractivity contribution >= 4 is 19.7 Å². The molecule has 3 atom stereocenters. The van der Waals surface area contributed by atoms with Crippen LogP contribution in [0.15, 0.2) is 48.6 Å². The van der Waals surface area contributed by atoms with E-state index in [2.05, 4.69) is 62.5 Å². The van der Waals surface area contributed by atoms with Gasteiger partial charge >= 0.3 is 5.97 Å². The molecule has 0 saturated heterocycles. The average Bonchev–Trinajstić information content (AvgIpc) is 3.52. The molecule has 0 heterocycles. The number of esters is 1. The third-order valence-electron chi connectivity index (χ3n) is 17.5. The number of phosphoric acid groups is 1. The number of nitrogens with zero attached hydrogens (tertiary/aromatic N) is 1. The van der Waals surface area contributed by atoms with Gasteiger partial charge in [-0.3, -0.25) is 14.2 Å². The number of rotatable bonds is 71. The van der Waals surface area contributed by atoms with Crippen molar-refractivity contribution in [3.8, 4) is 0 Å². The van der Waals surface area contributed by atoms with Gasteiger partial charge in [-0.25, -0.2) is 0 Å². The number of carbonyl (C=O) groups excluding carboxylic acids is 2. The summed E-state index contributed by atoms with van der Waals surface area (Å²) in [5.41, 5.74) is 0. The van der Waals surface area contributed by atoms with Gasteiger partial charge in [0.15, 0.2) is 0 Å². The van der Waals surface area contributed by atoms with Crippen LogP contribution < -0.4 is 10.2 Å². The molecular weight excluding hydrogens is 1110 g/mol. The second-order valence-electron chi connectivity index (χ2n) is 27.5. The fourth-order valence-electron chi connectivity index (χ4n) is 11.6. The second-order valence-corrected chi connectivity index (χ2v) is 28.9. The zero-order valence-electron chi connectivity index (χ0n) is 59.5. The normalized spacial score (nSPS) is 13.7. The van der Waals surface area contributed by atoms with E-state index < -0.39 is 20.0 Å². The lowest BCUT2D eigenvalue weighted by molar-refractivity contribution is -0.870. The third-order valence-corrected chi connectivity index (χ3v) is 18.4. The number of hydrogen-bond acceptors (Lipinski definition) is 7. The van der Waals surface area contributed by atoms with E-state index in [1.54, 1.807) is 0 Å². The summed E-state index contributed by atoms with van der Waals surface area (Å²) in [6.07, 6.45) is 86.8. The minimum absolute atomic E-state index is 0.0200. The Morgan fingerprint density at radius 3 is 1.06 bits per heavy atom. The molecular formula is C78H149N2O7P. The van der Waals surface area contributed by atoms with E-state index in [1.165, 1.54) is 289 Å². The van der Waals surface area contributed by atoms with Crippen molar-refractivity contribution in [3.05, 3.63) is 48.6 Å². The maximum absolute atomic E-state index is 13.6. The van der Waals surface area contributed by atoms with Gasteiger partial charge in [-0.05, 0) is 89.5 Å². The molecule has 1 amide bonds. The maximum atomic E-state index is 13.6. The number of likely N-dealkylation sites (N-methyl/N-ethyl adjacent to an activating group) is 1. The number of carbonyl (C=O) groups is 2. The van der Waals surface area contributed by atoms with Crippen LogP contribution in [0.3, 0.4) is 0 Å². The molecule has 0 spiro atoms. The Bertz CT molecular complexity index is 1640. The van der Waals surface area contributed by atoms with Crippen LogP contribution in [-0.4, -0.2) is 69.4 Å². The highest BCUT2D eigenvalue weighted by Crippen LogP contribution is 2.38. The molecule has 0 saturated carbocycles. The molecule has 0 rings (SSSR count). The van der Waals surface area contributed by atoms with E-state index in [0.29, 0.717) is 17.4 Å². The van der Waals surface area contributed by atoms with Crippen molar-refractivity contribution in [2.45, 2.75) is 399 Å². The van der Waals surface area contributed by atoms with Gasteiger partial charge in [-0.1, -0.05) is 333 Å². The summed E-state index contributed by atoms with van der Waals surface area (Å²) in [5, 5.41) is 3.06. The van der Waals surface area contributed by atoms with Crippen LogP contribution >= 0.6 is 7.82 Å². The van der Waals surface area contributed by atoms with Crippen LogP contribution in [0.2, 0.25) is 0 Å². The summed E-state index contributed by atoms with van der Waals surface area (Å²) >= 11 is 0. The number of amides is 1.